The van der Waals surface area contributed by atoms with Gasteiger partial charge in [0.25, 0.3) is 0 Å². The minimum Gasteiger partial charge on any atom is -0.389 e. The van der Waals surface area contributed by atoms with Crippen LogP contribution in [0.25, 0.3) is 0 Å². The van der Waals surface area contributed by atoms with Crippen LogP contribution < -0.4 is 10.6 Å². The van der Waals surface area contributed by atoms with Crippen LogP contribution in [-0.2, 0) is 0 Å². The van der Waals surface area contributed by atoms with Gasteiger partial charge in [0.05, 0.1) is 5.69 Å². The SMILES string of the molecule is CC1CCCN(c2ccc(C(N)=S)cc2F)C1. The van der Waals surface area contributed by atoms with E-state index in [9.17, 15) is 4.39 Å². The number of rotatable bonds is 2. The van der Waals surface area contributed by atoms with Gasteiger partial charge in [0.15, 0.2) is 0 Å². The quantitative estimate of drug-likeness (QED) is 0.821. The Balaban J connectivity index is 2.23. The van der Waals surface area contributed by atoms with Gasteiger partial charge in [-0.15, -0.1) is 0 Å². The molecule has 1 heterocycles. The number of hydrogen-bond donors (Lipinski definition) is 1. The van der Waals surface area contributed by atoms with Crippen molar-refractivity contribution in [3.63, 3.8) is 0 Å². The summed E-state index contributed by atoms with van der Waals surface area (Å²) in [4.78, 5) is 2.34. The van der Waals surface area contributed by atoms with Gasteiger partial charge >= 0.3 is 0 Å². The minimum atomic E-state index is -0.232. The summed E-state index contributed by atoms with van der Waals surface area (Å²) in [5, 5.41) is 0. The maximum absolute atomic E-state index is 14.0. The van der Waals surface area contributed by atoms with Gasteiger partial charge in [-0.2, -0.15) is 0 Å². The van der Waals surface area contributed by atoms with Gasteiger partial charge in [-0.25, -0.2) is 4.39 Å². The van der Waals surface area contributed by atoms with Gasteiger partial charge in [0.1, 0.15) is 10.8 Å². The molecular formula is C13H17FN2S. The number of halogens is 1. The molecule has 1 aromatic rings. The van der Waals surface area contributed by atoms with Crippen LogP contribution in [0.1, 0.15) is 25.3 Å². The molecule has 0 spiro atoms. The van der Waals surface area contributed by atoms with Crippen molar-refractivity contribution in [1.29, 1.82) is 0 Å². The van der Waals surface area contributed by atoms with E-state index in [2.05, 4.69) is 11.8 Å². The van der Waals surface area contributed by atoms with Crippen molar-refractivity contribution >= 4 is 22.9 Å². The molecule has 0 saturated carbocycles. The molecule has 4 heteroatoms. The van der Waals surface area contributed by atoms with Crippen LogP contribution in [0.3, 0.4) is 0 Å². The van der Waals surface area contributed by atoms with Crippen molar-refractivity contribution in [2.24, 2.45) is 11.7 Å². The van der Waals surface area contributed by atoms with Crippen LogP contribution in [-0.4, -0.2) is 18.1 Å². The molecule has 1 aromatic carbocycles. The Hall–Kier alpha value is -1.16. The summed E-state index contributed by atoms with van der Waals surface area (Å²) in [7, 11) is 0. The molecule has 0 radical (unpaired) electrons. The van der Waals surface area contributed by atoms with E-state index in [1.54, 1.807) is 12.1 Å². The number of hydrogen-bond acceptors (Lipinski definition) is 2. The van der Waals surface area contributed by atoms with E-state index < -0.39 is 0 Å². The first-order valence-corrected chi connectivity index (χ1v) is 6.33. The molecule has 1 unspecified atom stereocenters. The molecule has 0 bridgehead atoms. The van der Waals surface area contributed by atoms with Crippen LogP contribution in [0.15, 0.2) is 18.2 Å². The summed E-state index contributed by atoms with van der Waals surface area (Å²) in [6.45, 7) is 4.05. The Bertz CT molecular complexity index is 433. The van der Waals surface area contributed by atoms with Gasteiger partial charge in [-0.3, -0.25) is 0 Å². The number of nitrogens with two attached hydrogens (primary N) is 1. The Morgan fingerprint density at radius 2 is 2.29 bits per heavy atom. The van der Waals surface area contributed by atoms with Crippen molar-refractivity contribution in [2.75, 3.05) is 18.0 Å². The topological polar surface area (TPSA) is 29.3 Å². The molecule has 1 aliphatic heterocycles. The summed E-state index contributed by atoms with van der Waals surface area (Å²) in [5.74, 6) is 0.391. The van der Waals surface area contributed by atoms with Crippen molar-refractivity contribution in [2.45, 2.75) is 19.8 Å². The molecule has 17 heavy (non-hydrogen) atoms. The predicted octanol–water partition coefficient (Wildman–Crippen LogP) is 2.70. The minimum absolute atomic E-state index is 0.232. The number of piperidine rings is 1. The van der Waals surface area contributed by atoms with Crippen LogP contribution in [0.4, 0.5) is 10.1 Å². The molecule has 1 atom stereocenters. The maximum atomic E-state index is 14.0. The smallest absolute Gasteiger partial charge is 0.147 e. The summed E-state index contributed by atoms with van der Waals surface area (Å²) in [6.07, 6.45) is 2.35. The van der Waals surface area contributed by atoms with E-state index in [-0.39, 0.29) is 10.8 Å². The third kappa shape index (κ3) is 2.75. The first-order chi connectivity index (χ1) is 8.08. The fourth-order valence-electron chi connectivity index (χ4n) is 2.32. The largest absolute Gasteiger partial charge is 0.389 e. The van der Waals surface area contributed by atoms with Gasteiger partial charge in [-0.1, -0.05) is 19.1 Å². The molecule has 2 rings (SSSR count). The number of anilines is 1. The fourth-order valence-corrected chi connectivity index (χ4v) is 2.45. The van der Waals surface area contributed by atoms with Crippen molar-refractivity contribution in [3.05, 3.63) is 29.6 Å². The molecule has 0 aliphatic carbocycles. The zero-order valence-corrected chi connectivity index (χ0v) is 10.8. The average molecular weight is 252 g/mol. The molecule has 1 aliphatic rings. The Kier molecular flexibility index (Phi) is 3.62. The zero-order valence-electron chi connectivity index (χ0n) is 9.95. The summed E-state index contributed by atoms with van der Waals surface area (Å²) in [6, 6.07) is 5.00. The first kappa shape index (κ1) is 12.3. The molecule has 0 amide bonds. The van der Waals surface area contributed by atoms with Crippen molar-refractivity contribution in [3.8, 4) is 0 Å². The molecule has 1 fully saturated rings. The molecule has 0 aromatic heterocycles. The highest BCUT2D eigenvalue weighted by molar-refractivity contribution is 7.80. The van der Waals surface area contributed by atoms with E-state index in [1.807, 2.05) is 0 Å². The van der Waals surface area contributed by atoms with Crippen LogP contribution in [0.5, 0.6) is 0 Å². The molecule has 2 N–H and O–H groups in total. The van der Waals surface area contributed by atoms with Gasteiger partial charge < -0.3 is 10.6 Å². The molecule has 1 saturated heterocycles. The van der Waals surface area contributed by atoms with Gasteiger partial charge in [0.2, 0.25) is 0 Å². The Morgan fingerprint density at radius 1 is 1.53 bits per heavy atom. The number of thiocarbonyl (C=S) groups is 1. The summed E-state index contributed by atoms with van der Waals surface area (Å²) in [5.41, 5.74) is 6.74. The maximum Gasteiger partial charge on any atom is 0.147 e. The molecular weight excluding hydrogens is 235 g/mol. The Morgan fingerprint density at radius 3 is 2.88 bits per heavy atom. The Labute approximate surface area is 107 Å². The zero-order chi connectivity index (χ0) is 12.4. The number of nitrogens with zero attached hydrogens (tertiary/aromatic N) is 1. The van der Waals surface area contributed by atoms with E-state index in [4.69, 9.17) is 18.0 Å². The van der Waals surface area contributed by atoms with Crippen molar-refractivity contribution in [1.82, 2.24) is 0 Å². The predicted molar refractivity (Wildman–Crippen MR) is 72.9 cm³/mol. The third-order valence-corrected chi connectivity index (χ3v) is 3.47. The fraction of sp³-hybridized carbons (Fsp3) is 0.462. The normalized spacial score (nSPS) is 20.4. The molecule has 92 valence electrons. The number of benzene rings is 1. The lowest BCUT2D eigenvalue weighted by atomic mass is 9.99. The highest BCUT2D eigenvalue weighted by Gasteiger charge is 2.19. The van der Waals surface area contributed by atoms with Crippen molar-refractivity contribution < 1.29 is 4.39 Å². The second kappa shape index (κ2) is 5.00. The second-order valence-electron chi connectivity index (χ2n) is 4.72. The molecule has 2 nitrogen and oxygen atoms in total. The summed E-state index contributed by atoms with van der Waals surface area (Å²) >= 11 is 4.84. The lowest BCUT2D eigenvalue weighted by Crippen LogP contribution is -2.34. The summed E-state index contributed by atoms with van der Waals surface area (Å²) < 4.78 is 14.0. The van der Waals surface area contributed by atoms with E-state index in [1.165, 1.54) is 12.5 Å². The lowest BCUT2D eigenvalue weighted by molar-refractivity contribution is 0.442. The van der Waals surface area contributed by atoms with Crippen LogP contribution in [0.2, 0.25) is 0 Å². The highest BCUT2D eigenvalue weighted by atomic mass is 32.1. The standard InChI is InChI=1S/C13H17FN2S/c1-9-3-2-6-16(8-9)12-5-4-10(13(15)17)7-11(12)14/h4-5,7,9H,2-3,6,8H2,1H3,(H2,15,17). The average Bonchev–Trinajstić information content (AvgIpc) is 2.28. The van der Waals surface area contributed by atoms with Crippen LogP contribution >= 0.6 is 12.2 Å². The highest BCUT2D eigenvalue weighted by Crippen LogP contribution is 2.26. The first-order valence-electron chi connectivity index (χ1n) is 5.92. The lowest BCUT2D eigenvalue weighted by Gasteiger charge is -2.33. The van der Waals surface area contributed by atoms with Gasteiger partial charge in [-0.05, 0) is 37.0 Å². The van der Waals surface area contributed by atoms with E-state index in [0.717, 1.165) is 19.5 Å². The monoisotopic (exact) mass is 252 g/mol. The van der Waals surface area contributed by atoms with Crippen LogP contribution in [0, 0.1) is 11.7 Å². The van der Waals surface area contributed by atoms with E-state index in [0.29, 0.717) is 17.2 Å². The second-order valence-corrected chi connectivity index (χ2v) is 5.16. The van der Waals surface area contributed by atoms with Gasteiger partial charge in [0, 0.05) is 18.7 Å². The third-order valence-electron chi connectivity index (χ3n) is 3.23. The van der Waals surface area contributed by atoms with E-state index >= 15 is 0 Å².